The van der Waals surface area contributed by atoms with E-state index in [0.29, 0.717) is 17.2 Å². The highest BCUT2D eigenvalue weighted by Gasteiger charge is 2.44. The number of esters is 1. The number of anilines is 2. The zero-order chi connectivity index (χ0) is 23.7. The standard InChI is InChI=1S/C25H26N2O6S/c1-34-19-7-5-18(6-8-19)27-14-16(12-23(27)29)24(30)31-15-22(28)26-17-4-9-20-21(13-17)33-25(32-20)10-2-3-11-25/h4-9,13,16H,2-3,10-12,14-15H2,1H3,(H,26,28). The molecule has 1 spiro atoms. The van der Waals surface area contributed by atoms with Crippen molar-refractivity contribution in [1.29, 1.82) is 0 Å². The maximum absolute atomic E-state index is 12.5. The lowest BCUT2D eigenvalue weighted by atomic mass is 10.1. The number of fused-ring (bicyclic) bond motifs is 1. The minimum atomic E-state index is -0.603. The van der Waals surface area contributed by atoms with Crippen LogP contribution in [0.1, 0.15) is 32.1 Å². The molecule has 5 rings (SSSR count). The van der Waals surface area contributed by atoms with E-state index >= 15 is 0 Å². The van der Waals surface area contributed by atoms with Gasteiger partial charge in [0, 0.05) is 48.1 Å². The highest BCUT2D eigenvalue weighted by Crippen LogP contribution is 2.47. The Labute approximate surface area is 201 Å². The zero-order valence-corrected chi connectivity index (χ0v) is 19.7. The molecule has 0 radical (unpaired) electrons. The molecule has 8 nitrogen and oxygen atoms in total. The number of thioether (sulfide) groups is 1. The predicted octanol–water partition coefficient (Wildman–Crippen LogP) is 3.98. The van der Waals surface area contributed by atoms with Gasteiger partial charge in [0.05, 0.1) is 5.92 Å². The Kier molecular flexibility index (Phi) is 6.12. The first kappa shape index (κ1) is 22.6. The number of carbonyl (C=O) groups is 3. The average molecular weight is 483 g/mol. The Bertz CT molecular complexity index is 1110. The molecule has 2 aromatic carbocycles. The Morgan fingerprint density at radius 3 is 2.59 bits per heavy atom. The van der Waals surface area contributed by atoms with Crippen LogP contribution in [0.3, 0.4) is 0 Å². The Hall–Kier alpha value is -3.20. The van der Waals surface area contributed by atoms with Gasteiger partial charge in [-0.3, -0.25) is 14.4 Å². The summed E-state index contributed by atoms with van der Waals surface area (Å²) in [6.07, 6.45) is 5.88. The van der Waals surface area contributed by atoms with Gasteiger partial charge >= 0.3 is 5.97 Å². The normalized spacial score (nSPS) is 20.1. The second kappa shape index (κ2) is 9.21. The summed E-state index contributed by atoms with van der Waals surface area (Å²) in [5.74, 6) is -1.05. The maximum atomic E-state index is 12.5. The van der Waals surface area contributed by atoms with Gasteiger partial charge < -0.3 is 24.4 Å². The van der Waals surface area contributed by atoms with Gasteiger partial charge in [-0.2, -0.15) is 0 Å². The van der Waals surface area contributed by atoms with Crippen LogP contribution in [0.2, 0.25) is 0 Å². The molecule has 2 heterocycles. The summed E-state index contributed by atoms with van der Waals surface area (Å²) in [6.45, 7) is -0.188. The van der Waals surface area contributed by atoms with Crippen LogP contribution in [-0.2, 0) is 19.1 Å². The second-order valence-electron chi connectivity index (χ2n) is 8.74. The van der Waals surface area contributed by atoms with E-state index in [-0.39, 0.29) is 18.9 Å². The summed E-state index contributed by atoms with van der Waals surface area (Å²) in [4.78, 5) is 40.0. The first-order valence-corrected chi connectivity index (χ1v) is 12.6. The minimum absolute atomic E-state index is 0.0641. The maximum Gasteiger partial charge on any atom is 0.311 e. The van der Waals surface area contributed by atoms with Gasteiger partial charge in [-0.05, 0) is 55.5 Å². The summed E-state index contributed by atoms with van der Waals surface area (Å²) < 4.78 is 17.2. The molecule has 34 heavy (non-hydrogen) atoms. The Balaban J connectivity index is 1.12. The van der Waals surface area contributed by atoms with Crippen molar-refractivity contribution < 1.29 is 28.6 Å². The molecular weight excluding hydrogens is 456 g/mol. The van der Waals surface area contributed by atoms with Gasteiger partial charge in [0.2, 0.25) is 5.91 Å². The molecule has 1 saturated heterocycles. The summed E-state index contributed by atoms with van der Waals surface area (Å²) >= 11 is 1.62. The van der Waals surface area contributed by atoms with Crippen LogP contribution in [0.25, 0.3) is 0 Å². The molecule has 1 unspecified atom stereocenters. The summed E-state index contributed by atoms with van der Waals surface area (Å²) in [6, 6.07) is 12.8. The van der Waals surface area contributed by atoms with Crippen LogP contribution in [0.4, 0.5) is 11.4 Å². The van der Waals surface area contributed by atoms with Gasteiger partial charge in [0.15, 0.2) is 18.1 Å². The van der Waals surface area contributed by atoms with Gasteiger partial charge in [0.25, 0.3) is 11.7 Å². The third-order valence-corrected chi connectivity index (χ3v) is 7.12. The monoisotopic (exact) mass is 482 g/mol. The van der Waals surface area contributed by atoms with Crippen molar-refractivity contribution in [3.8, 4) is 11.5 Å². The molecule has 1 saturated carbocycles. The molecule has 2 amide bonds. The number of rotatable bonds is 6. The van der Waals surface area contributed by atoms with Gasteiger partial charge in [0.1, 0.15) is 0 Å². The first-order valence-electron chi connectivity index (χ1n) is 11.4. The van der Waals surface area contributed by atoms with E-state index in [0.717, 1.165) is 36.3 Å². The highest BCUT2D eigenvalue weighted by atomic mass is 32.2. The van der Waals surface area contributed by atoms with E-state index in [1.807, 2.05) is 30.5 Å². The lowest BCUT2D eigenvalue weighted by Crippen LogP contribution is -2.34. The minimum Gasteiger partial charge on any atom is -0.455 e. The SMILES string of the molecule is CSc1ccc(N2CC(C(=O)OCC(=O)Nc3ccc4c(c3)OC3(CCCC3)O4)CC2=O)cc1. The highest BCUT2D eigenvalue weighted by molar-refractivity contribution is 7.98. The van der Waals surface area contributed by atoms with Crippen LogP contribution in [0.5, 0.6) is 11.5 Å². The van der Waals surface area contributed by atoms with Crippen molar-refractivity contribution in [3.05, 3.63) is 42.5 Å². The summed E-state index contributed by atoms with van der Waals surface area (Å²) in [5.41, 5.74) is 1.28. The molecule has 2 aliphatic heterocycles. The summed E-state index contributed by atoms with van der Waals surface area (Å²) in [7, 11) is 0. The molecule has 178 valence electrons. The number of nitrogens with one attached hydrogen (secondary N) is 1. The fraction of sp³-hybridized carbons (Fsp3) is 0.400. The van der Waals surface area contributed by atoms with Crippen LogP contribution >= 0.6 is 11.8 Å². The lowest BCUT2D eigenvalue weighted by Gasteiger charge is -2.21. The number of hydrogen-bond acceptors (Lipinski definition) is 7. The van der Waals surface area contributed by atoms with Crippen LogP contribution in [-0.4, -0.2) is 43.0 Å². The molecule has 0 aromatic heterocycles. The molecule has 3 aliphatic rings. The molecule has 1 atom stereocenters. The molecule has 0 bridgehead atoms. The number of nitrogens with zero attached hydrogens (tertiary/aromatic N) is 1. The van der Waals surface area contributed by atoms with Crippen molar-refractivity contribution in [3.63, 3.8) is 0 Å². The third-order valence-electron chi connectivity index (χ3n) is 6.37. The van der Waals surface area contributed by atoms with E-state index in [4.69, 9.17) is 14.2 Å². The topological polar surface area (TPSA) is 94.2 Å². The molecule has 2 fully saturated rings. The molecular formula is C25H26N2O6S. The van der Waals surface area contributed by atoms with E-state index in [1.165, 1.54) is 0 Å². The fourth-order valence-corrected chi connectivity index (χ4v) is 5.03. The number of benzene rings is 2. The van der Waals surface area contributed by atoms with Gasteiger partial charge in [-0.15, -0.1) is 11.8 Å². The van der Waals surface area contributed by atoms with Crippen molar-refractivity contribution in [2.45, 2.75) is 42.8 Å². The molecule has 9 heteroatoms. The lowest BCUT2D eigenvalue weighted by molar-refractivity contribution is -0.151. The average Bonchev–Trinajstić information content (AvgIpc) is 3.55. The fourth-order valence-electron chi connectivity index (χ4n) is 4.62. The van der Waals surface area contributed by atoms with Crippen LogP contribution in [0, 0.1) is 5.92 Å². The summed E-state index contributed by atoms with van der Waals surface area (Å²) in [5, 5.41) is 2.72. The number of amides is 2. The van der Waals surface area contributed by atoms with E-state index in [2.05, 4.69) is 5.32 Å². The zero-order valence-electron chi connectivity index (χ0n) is 18.9. The van der Waals surface area contributed by atoms with Crippen LogP contribution in [0.15, 0.2) is 47.4 Å². The molecule has 1 aliphatic carbocycles. The van der Waals surface area contributed by atoms with Crippen molar-refractivity contribution in [2.75, 3.05) is 29.6 Å². The van der Waals surface area contributed by atoms with Crippen molar-refractivity contribution >= 4 is 40.9 Å². The quantitative estimate of drug-likeness (QED) is 0.492. The Morgan fingerprint density at radius 2 is 1.85 bits per heavy atom. The number of hydrogen-bond donors (Lipinski definition) is 1. The van der Waals surface area contributed by atoms with E-state index < -0.39 is 30.2 Å². The first-order chi connectivity index (χ1) is 16.4. The van der Waals surface area contributed by atoms with Gasteiger partial charge in [-0.1, -0.05) is 0 Å². The molecule has 1 N–H and O–H groups in total. The number of ether oxygens (including phenoxy) is 3. The number of carbonyl (C=O) groups excluding carboxylic acids is 3. The van der Waals surface area contributed by atoms with Gasteiger partial charge in [-0.25, -0.2) is 0 Å². The smallest absolute Gasteiger partial charge is 0.311 e. The Morgan fingerprint density at radius 1 is 1.12 bits per heavy atom. The van der Waals surface area contributed by atoms with E-state index in [9.17, 15) is 14.4 Å². The van der Waals surface area contributed by atoms with Crippen LogP contribution < -0.4 is 19.7 Å². The van der Waals surface area contributed by atoms with E-state index in [1.54, 1.807) is 34.9 Å². The molecule has 2 aromatic rings. The van der Waals surface area contributed by atoms with Crippen molar-refractivity contribution in [2.24, 2.45) is 5.92 Å². The third kappa shape index (κ3) is 4.57. The second-order valence-corrected chi connectivity index (χ2v) is 9.62. The van der Waals surface area contributed by atoms with Crippen molar-refractivity contribution in [1.82, 2.24) is 0 Å². The predicted molar refractivity (Wildman–Crippen MR) is 127 cm³/mol. The largest absolute Gasteiger partial charge is 0.455 e.